The highest BCUT2D eigenvalue weighted by molar-refractivity contribution is 5.76. The van der Waals surface area contributed by atoms with Crippen LogP contribution >= 0.6 is 0 Å². The van der Waals surface area contributed by atoms with Crippen molar-refractivity contribution < 1.29 is 9.53 Å². The molecule has 0 atom stereocenters. The molecule has 34 heavy (non-hydrogen) atoms. The Labute approximate surface area is 200 Å². The first-order chi connectivity index (χ1) is 16.5. The van der Waals surface area contributed by atoms with Crippen LogP contribution in [0.15, 0.2) is 24.3 Å². The molecule has 1 amide bonds. The minimum absolute atomic E-state index is 0.0802. The Kier molecular flexibility index (Phi) is 7.74. The van der Waals surface area contributed by atoms with Gasteiger partial charge >= 0.3 is 0 Å². The maximum Gasteiger partial charge on any atom is 0.252 e. The average Bonchev–Trinajstić information content (AvgIpc) is 3.27. The number of para-hydroxylation sites is 1. The van der Waals surface area contributed by atoms with Gasteiger partial charge in [-0.05, 0) is 63.7 Å². The number of ether oxygens (including phenoxy) is 1. The van der Waals surface area contributed by atoms with Crippen LogP contribution in [0.1, 0.15) is 47.6 Å². The Balaban J connectivity index is 1.23. The van der Waals surface area contributed by atoms with Crippen molar-refractivity contribution in [3.8, 4) is 5.75 Å². The average molecular weight is 466 g/mol. The second-order valence-corrected chi connectivity index (χ2v) is 9.04. The fourth-order valence-corrected chi connectivity index (χ4v) is 4.71. The van der Waals surface area contributed by atoms with Crippen molar-refractivity contribution in [2.75, 3.05) is 26.7 Å². The first-order valence-electron chi connectivity index (χ1n) is 12.0. The van der Waals surface area contributed by atoms with Crippen molar-refractivity contribution in [2.45, 2.75) is 52.6 Å². The Bertz CT molecular complexity index is 1140. The lowest BCUT2D eigenvalue weighted by Gasteiger charge is -2.32. The summed E-state index contributed by atoms with van der Waals surface area (Å²) < 4.78 is 7.20. The minimum atomic E-state index is 0.0802. The zero-order valence-electron chi connectivity index (χ0n) is 20.4. The number of nitrogens with zero attached hydrogens (tertiary/aromatic N) is 5. The topological polar surface area (TPSA) is 111 Å². The SMILES string of the molecule is COc1ccccc1CN1CCC(CNC(=O)CCc2c(C)nc3nc(CN)nn3c2C)CC1. The Morgan fingerprint density at radius 2 is 1.97 bits per heavy atom. The van der Waals surface area contributed by atoms with Crippen LogP contribution in [0, 0.1) is 19.8 Å². The van der Waals surface area contributed by atoms with Crippen LogP contribution in [0.5, 0.6) is 5.75 Å². The highest BCUT2D eigenvalue weighted by Crippen LogP contribution is 2.23. The number of carbonyl (C=O) groups is 1. The fourth-order valence-electron chi connectivity index (χ4n) is 4.71. The summed E-state index contributed by atoms with van der Waals surface area (Å²) in [5.74, 6) is 2.67. The molecule has 0 spiro atoms. The van der Waals surface area contributed by atoms with Crippen LogP contribution < -0.4 is 15.8 Å². The largest absolute Gasteiger partial charge is 0.496 e. The third-order valence-electron chi connectivity index (χ3n) is 6.76. The van der Waals surface area contributed by atoms with Crippen LogP contribution in [0.4, 0.5) is 0 Å². The lowest BCUT2D eigenvalue weighted by molar-refractivity contribution is -0.121. The number of carbonyl (C=O) groups excluding carboxylic acids is 1. The summed E-state index contributed by atoms with van der Waals surface area (Å²) in [5.41, 5.74) is 9.77. The molecule has 1 saturated heterocycles. The number of hydrogen-bond acceptors (Lipinski definition) is 7. The van der Waals surface area contributed by atoms with Gasteiger partial charge in [-0.15, -0.1) is 5.10 Å². The van der Waals surface area contributed by atoms with Crippen molar-refractivity contribution in [3.63, 3.8) is 0 Å². The minimum Gasteiger partial charge on any atom is -0.496 e. The number of hydrogen-bond donors (Lipinski definition) is 2. The van der Waals surface area contributed by atoms with Gasteiger partial charge in [0.15, 0.2) is 5.82 Å². The Morgan fingerprint density at radius 1 is 1.21 bits per heavy atom. The summed E-state index contributed by atoms with van der Waals surface area (Å²) >= 11 is 0. The number of aromatic nitrogens is 4. The number of methoxy groups -OCH3 is 1. The maximum atomic E-state index is 12.6. The fraction of sp³-hybridized carbons (Fsp3) is 0.520. The molecule has 2 aromatic heterocycles. The summed E-state index contributed by atoms with van der Waals surface area (Å²) in [6.07, 6.45) is 3.23. The normalized spacial score (nSPS) is 15.1. The van der Waals surface area contributed by atoms with Crippen LogP contribution in [-0.2, 0) is 24.3 Å². The second kappa shape index (κ2) is 10.9. The molecule has 4 rings (SSSR count). The summed E-state index contributed by atoms with van der Waals surface area (Å²) in [6, 6.07) is 8.20. The first kappa shape index (κ1) is 24.1. The van der Waals surface area contributed by atoms with Gasteiger partial charge in [-0.3, -0.25) is 9.69 Å². The second-order valence-electron chi connectivity index (χ2n) is 9.04. The quantitative estimate of drug-likeness (QED) is 0.498. The van der Waals surface area contributed by atoms with Crippen LogP contribution in [-0.4, -0.2) is 57.1 Å². The molecular formula is C25H35N7O2. The van der Waals surface area contributed by atoms with Crippen LogP contribution in [0.25, 0.3) is 5.78 Å². The molecule has 1 aliphatic heterocycles. The number of fused-ring (bicyclic) bond motifs is 1. The third-order valence-corrected chi connectivity index (χ3v) is 6.76. The molecule has 3 N–H and O–H groups in total. The molecule has 9 nitrogen and oxygen atoms in total. The highest BCUT2D eigenvalue weighted by Gasteiger charge is 2.21. The number of aryl methyl sites for hydroxylation is 2. The highest BCUT2D eigenvalue weighted by atomic mass is 16.5. The van der Waals surface area contributed by atoms with E-state index in [9.17, 15) is 4.79 Å². The number of benzene rings is 1. The lowest BCUT2D eigenvalue weighted by Crippen LogP contribution is -2.38. The molecule has 182 valence electrons. The van der Waals surface area contributed by atoms with E-state index in [1.807, 2.05) is 26.0 Å². The number of piperidine rings is 1. The van der Waals surface area contributed by atoms with Crippen molar-refractivity contribution in [3.05, 3.63) is 52.6 Å². The molecule has 0 unspecified atom stereocenters. The summed E-state index contributed by atoms with van der Waals surface area (Å²) in [6.45, 7) is 7.92. The van der Waals surface area contributed by atoms with Crippen LogP contribution in [0.3, 0.4) is 0 Å². The van der Waals surface area contributed by atoms with Gasteiger partial charge in [-0.25, -0.2) is 9.50 Å². The summed E-state index contributed by atoms with van der Waals surface area (Å²) in [7, 11) is 1.72. The standard InChI is InChI=1S/C25H35N7O2/c1-17-21(18(2)32-25(28-17)29-23(14-26)30-32)8-9-24(33)27-15-19-10-12-31(13-11-19)16-20-6-4-5-7-22(20)34-3/h4-7,19H,8-16,26H2,1-3H3,(H,27,33). The van der Waals surface area contributed by atoms with E-state index in [1.54, 1.807) is 11.6 Å². The van der Waals surface area contributed by atoms with E-state index in [0.717, 1.165) is 61.7 Å². The van der Waals surface area contributed by atoms with Crippen molar-refractivity contribution in [2.24, 2.45) is 11.7 Å². The summed E-state index contributed by atoms with van der Waals surface area (Å²) in [5, 5.41) is 7.55. The Hall–Kier alpha value is -3.04. The van der Waals surface area contributed by atoms with E-state index < -0.39 is 0 Å². The maximum absolute atomic E-state index is 12.6. The number of likely N-dealkylation sites (tertiary alicyclic amines) is 1. The predicted molar refractivity (Wildman–Crippen MR) is 130 cm³/mol. The smallest absolute Gasteiger partial charge is 0.252 e. The monoisotopic (exact) mass is 465 g/mol. The van der Waals surface area contributed by atoms with Crippen molar-refractivity contribution >= 4 is 11.7 Å². The van der Waals surface area contributed by atoms with Gasteiger partial charge in [0.05, 0.1) is 13.7 Å². The van der Waals surface area contributed by atoms with Gasteiger partial charge in [0.1, 0.15) is 5.75 Å². The molecule has 9 heteroatoms. The molecule has 3 aromatic rings. The molecule has 1 aromatic carbocycles. The van der Waals surface area contributed by atoms with Crippen molar-refractivity contribution in [1.29, 1.82) is 0 Å². The van der Waals surface area contributed by atoms with Gasteiger partial charge in [0, 0.05) is 36.5 Å². The summed E-state index contributed by atoms with van der Waals surface area (Å²) in [4.78, 5) is 23.9. The predicted octanol–water partition coefficient (Wildman–Crippen LogP) is 2.17. The van der Waals surface area contributed by atoms with Crippen molar-refractivity contribution in [1.82, 2.24) is 29.8 Å². The number of rotatable bonds is 9. The zero-order valence-corrected chi connectivity index (χ0v) is 20.4. The van der Waals surface area contributed by atoms with E-state index in [1.165, 1.54) is 5.56 Å². The lowest BCUT2D eigenvalue weighted by atomic mass is 9.96. The molecule has 0 saturated carbocycles. The first-order valence-corrected chi connectivity index (χ1v) is 12.0. The number of amides is 1. The molecular weight excluding hydrogens is 430 g/mol. The van der Waals surface area contributed by atoms with Gasteiger partial charge in [-0.2, -0.15) is 4.98 Å². The molecule has 1 aliphatic rings. The van der Waals surface area contributed by atoms with Gasteiger partial charge < -0.3 is 15.8 Å². The van der Waals surface area contributed by atoms with Gasteiger partial charge in [-0.1, -0.05) is 18.2 Å². The van der Waals surface area contributed by atoms with E-state index in [-0.39, 0.29) is 12.5 Å². The molecule has 0 radical (unpaired) electrons. The molecule has 3 heterocycles. The third kappa shape index (κ3) is 5.53. The van der Waals surface area contributed by atoms with E-state index in [2.05, 4.69) is 37.4 Å². The molecule has 0 bridgehead atoms. The Morgan fingerprint density at radius 3 is 2.71 bits per heavy atom. The number of nitrogens with one attached hydrogen (secondary N) is 1. The van der Waals surface area contributed by atoms with Gasteiger partial charge in [0.2, 0.25) is 5.91 Å². The van der Waals surface area contributed by atoms with Crippen LogP contribution in [0.2, 0.25) is 0 Å². The number of nitrogens with two attached hydrogens (primary N) is 1. The zero-order chi connectivity index (χ0) is 24.1. The van der Waals surface area contributed by atoms with E-state index >= 15 is 0 Å². The molecule has 0 aliphatic carbocycles. The van der Waals surface area contributed by atoms with E-state index in [0.29, 0.717) is 30.4 Å². The van der Waals surface area contributed by atoms with E-state index in [4.69, 9.17) is 10.5 Å². The molecule has 1 fully saturated rings. The van der Waals surface area contributed by atoms with Gasteiger partial charge in [0.25, 0.3) is 5.78 Å².